The zero-order valence-electron chi connectivity index (χ0n) is 13.4. The van der Waals surface area contributed by atoms with Gasteiger partial charge in [0.05, 0.1) is 21.7 Å². The quantitative estimate of drug-likeness (QED) is 0.410. The zero-order valence-corrected chi connectivity index (χ0v) is 14.2. The van der Waals surface area contributed by atoms with Crippen LogP contribution in [0.3, 0.4) is 0 Å². The van der Waals surface area contributed by atoms with E-state index in [4.69, 9.17) is 4.74 Å². The molecule has 0 bridgehead atoms. The van der Waals surface area contributed by atoms with Gasteiger partial charge in [0.2, 0.25) is 0 Å². The number of anilines is 1. The van der Waals surface area contributed by atoms with Crippen LogP contribution < -0.4 is 10.1 Å². The highest BCUT2D eigenvalue weighted by Gasteiger charge is 2.10. The Morgan fingerprint density at radius 1 is 1.25 bits per heavy atom. The summed E-state index contributed by atoms with van der Waals surface area (Å²) >= 11 is 1.40. The standard InChI is InChI=1S/C17H17N3O3S/c1-11-3-6-15(12(2)9-11)23-8-7-18-17-19-14-5-4-13(20(21)22)10-16(14)24-17/h3-6,9-10H,7-8H2,1-2H3,(H,18,19). The van der Waals surface area contributed by atoms with Crippen molar-refractivity contribution >= 4 is 32.4 Å². The van der Waals surface area contributed by atoms with Crippen LogP contribution in [0.5, 0.6) is 5.75 Å². The van der Waals surface area contributed by atoms with E-state index < -0.39 is 4.92 Å². The third kappa shape index (κ3) is 3.62. The van der Waals surface area contributed by atoms with E-state index in [1.807, 2.05) is 19.1 Å². The Bertz CT molecular complexity index is 892. The summed E-state index contributed by atoms with van der Waals surface area (Å²) in [6.07, 6.45) is 0. The van der Waals surface area contributed by atoms with Gasteiger partial charge in [-0.3, -0.25) is 10.1 Å². The lowest BCUT2D eigenvalue weighted by Gasteiger charge is -2.09. The normalized spacial score (nSPS) is 10.8. The van der Waals surface area contributed by atoms with Crippen molar-refractivity contribution in [1.29, 1.82) is 0 Å². The lowest BCUT2D eigenvalue weighted by Crippen LogP contribution is -2.11. The lowest BCUT2D eigenvalue weighted by molar-refractivity contribution is -0.384. The second kappa shape index (κ2) is 6.84. The van der Waals surface area contributed by atoms with Crippen LogP contribution in [0, 0.1) is 24.0 Å². The number of non-ortho nitro benzene ring substituents is 1. The van der Waals surface area contributed by atoms with Crippen molar-refractivity contribution < 1.29 is 9.66 Å². The Hall–Kier alpha value is -2.67. The zero-order chi connectivity index (χ0) is 17.1. The van der Waals surface area contributed by atoms with Crippen LogP contribution >= 0.6 is 11.3 Å². The van der Waals surface area contributed by atoms with E-state index in [1.165, 1.54) is 23.0 Å². The van der Waals surface area contributed by atoms with Gasteiger partial charge in [0, 0.05) is 12.1 Å². The van der Waals surface area contributed by atoms with Gasteiger partial charge in [-0.15, -0.1) is 0 Å². The molecule has 24 heavy (non-hydrogen) atoms. The Kier molecular flexibility index (Phi) is 4.61. The molecule has 7 heteroatoms. The highest BCUT2D eigenvalue weighted by Crippen LogP contribution is 2.29. The molecule has 0 radical (unpaired) electrons. The minimum atomic E-state index is -0.399. The van der Waals surface area contributed by atoms with Gasteiger partial charge in [-0.1, -0.05) is 29.0 Å². The number of fused-ring (bicyclic) bond motifs is 1. The Labute approximate surface area is 143 Å². The smallest absolute Gasteiger partial charge is 0.270 e. The molecule has 0 atom stereocenters. The number of aryl methyl sites for hydroxylation is 2. The van der Waals surface area contributed by atoms with E-state index >= 15 is 0 Å². The average Bonchev–Trinajstić information content (AvgIpc) is 2.94. The van der Waals surface area contributed by atoms with E-state index in [9.17, 15) is 10.1 Å². The summed E-state index contributed by atoms with van der Waals surface area (Å²) in [7, 11) is 0. The van der Waals surface area contributed by atoms with Crippen LogP contribution in [-0.2, 0) is 0 Å². The fraction of sp³-hybridized carbons (Fsp3) is 0.235. The van der Waals surface area contributed by atoms with Gasteiger partial charge < -0.3 is 10.1 Å². The second-order valence-electron chi connectivity index (χ2n) is 5.47. The van der Waals surface area contributed by atoms with Crippen molar-refractivity contribution in [3.05, 3.63) is 57.6 Å². The summed E-state index contributed by atoms with van der Waals surface area (Å²) in [5.41, 5.74) is 3.16. The van der Waals surface area contributed by atoms with Gasteiger partial charge >= 0.3 is 0 Å². The fourth-order valence-corrected chi connectivity index (χ4v) is 3.31. The number of nitrogens with one attached hydrogen (secondary N) is 1. The molecule has 0 saturated carbocycles. The van der Waals surface area contributed by atoms with Crippen LogP contribution in [0.15, 0.2) is 36.4 Å². The van der Waals surface area contributed by atoms with Crippen molar-refractivity contribution in [3.63, 3.8) is 0 Å². The van der Waals surface area contributed by atoms with E-state index in [1.54, 1.807) is 12.1 Å². The molecule has 0 aliphatic rings. The van der Waals surface area contributed by atoms with Gasteiger partial charge in [0.25, 0.3) is 5.69 Å². The molecular formula is C17H17N3O3S. The average molecular weight is 343 g/mol. The molecule has 1 N–H and O–H groups in total. The largest absolute Gasteiger partial charge is 0.491 e. The minimum absolute atomic E-state index is 0.0795. The SMILES string of the molecule is Cc1ccc(OCCNc2nc3ccc([N+](=O)[O-])cc3s2)c(C)c1. The summed E-state index contributed by atoms with van der Waals surface area (Å²) in [6.45, 7) is 5.20. The maximum atomic E-state index is 10.8. The van der Waals surface area contributed by atoms with E-state index in [-0.39, 0.29) is 5.69 Å². The van der Waals surface area contributed by atoms with E-state index in [2.05, 4.69) is 23.3 Å². The number of thiazole rings is 1. The fourth-order valence-electron chi connectivity index (χ4n) is 2.38. The van der Waals surface area contributed by atoms with Crippen molar-refractivity contribution in [2.24, 2.45) is 0 Å². The summed E-state index contributed by atoms with van der Waals surface area (Å²) in [4.78, 5) is 14.8. The topological polar surface area (TPSA) is 77.3 Å². The van der Waals surface area contributed by atoms with Crippen molar-refractivity contribution in [3.8, 4) is 5.75 Å². The lowest BCUT2D eigenvalue weighted by atomic mass is 10.1. The summed E-state index contributed by atoms with van der Waals surface area (Å²) in [5, 5.41) is 14.7. The molecule has 0 amide bonds. The molecule has 6 nitrogen and oxygen atoms in total. The number of benzene rings is 2. The maximum Gasteiger partial charge on any atom is 0.270 e. The maximum absolute atomic E-state index is 10.8. The minimum Gasteiger partial charge on any atom is -0.491 e. The molecular weight excluding hydrogens is 326 g/mol. The number of hydrogen-bond donors (Lipinski definition) is 1. The van der Waals surface area contributed by atoms with Crippen LogP contribution in [0.2, 0.25) is 0 Å². The first-order valence-corrected chi connectivity index (χ1v) is 8.33. The number of hydrogen-bond acceptors (Lipinski definition) is 6. The third-order valence-corrected chi connectivity index (χ3v) is 4.53. The van der Waals surface area contributed by atoms with Gasteiger partial charge in [0.1, 0.15) is 12.4 Å². The predicted octanol–water partition coefficient (Wildman–Crippen LogP) is 4.31. The van der Waals surface area contributed by atoms with E-state index in [0.717, 1.165) is 26.7 Å². The Morgan fingerprint density at radius 2 is 2.08 bits per heavy atom. The molecule has 1 heterocycles. The summed E-state index contributed by atoms with van der Waals surface area (Å²) < 4.78 is 6.56. The van der Waals surface area contributed by atoms with Gasteiger partial charge in [-0.2, -0.15) is 0 Å². The van der Waals surface area contributed by atoms with Crippen LogP contribution in [-0.4, -0.2) is 23.1 Å². The number of rotatable bonds is 6. The number of nitrogens with zero attached hydrogens (tertiary/aromatic N) is 2. The highest BCUT2D eigenvalue weighted by molar-refractivity contribution is 7.22. The van der Waals surface area contributed by atoms with Crippen molar-refractivity contribution in [2.45, 2.75) is 13.8 Å². The molecule has 0 aliphatic heterocycles. The van der Waals surface area contributed by atoms with Crippen LogP contribution in [0.4, 0.5) is 10.8 Å². The highest BCUT2D eigenvalue weighted by atomic mass is 32.1. The number of nitro benzene ring substituents is 1. The monoisotopic (exact) mass is 343 g/mol. The number of ether oxygens (including phenoxy) is 1. The predicted molar refractivity (Wildman–Crippen MR) is 96.2 cm³/mol. The Morgan fingerprint density at radius 3 is 2.83 bits per heavy atom. The van der Waals surface area contributed by atoms with Crippen molar-refractivity contribution in [2.75, 3.05) is 18.5 Å². The van der Waals surface area contributed by atoms with Gasteiger partial charge in [-0.25, -0.2) is 4.98 Å². The first-order chi connectivity index (χ1) is 11.5. The second-order valence-corrected chi connectivity index (χ2v) is 6.50. The third-order valence-electron chi connectivity index (χ3n) is 3.55. The molecule has 0 fully saturated rings. The van der Waals surface area contributed by atoms with Gasteiger partial charge in [-0.05, 0) is 31.5 Å². The summed E-state index contributed by atoms with van der Waals surface area (Å²) in [5.74, 6) is 0.877. The summed E-state index contributed by atoms with van der Waals surface area (Å²) in [6, 6.07) is 10.8. The molecule has 2 aromatic carbocycles. The molecule has 0 saturated heterocycles. The number of aromatic nitrogens is 1. The molecule has 3 aromatic rings. The Balaban J connectivity index is 1.58. The first kappa shape index (κ1) is 16.2. The molecule has 0 unspecified atom stereocenters. The molecule has 0 aliphatic carbocycles. The van der Waals surface area contributed by atoms with Crippen molar-refractivity contribution in [1.82, 2.24) is 4.98 Å². The van der Waals surface area contributed by atoms with Gasteiger partial charge in [0.15, 0.2) is 5.13 Å². The van der Waals surface area contributed by atoms with Crippen LogP contribution in [0.1, 0.15) is 11.1 Å². The molecule has 1 aromatic heterocycles. The first-order valence-electron chi connectivity index (χ1n) is 7.52. The molecule has 0 spiro atoms. The van der Waals surface area contributed by atoms with E-state index in [0.29, 0.717) is 13.2 Å². The number of nitro groups is 1. The van der Waals surface area contributed by atoms with Crippen LogP contribution in [0.25, 0.3) is 10.2 Å². The molecule has 124 valence electrons. The molecule has 3 rings (SSSR count).